The summed E-state index contributed by atoms with van der Waals surface area (Å²) in [6.45, 7) is 2.58. The fourth-order valence-corrected chi connectivity index (χ4v) is 2.72. The first kappa shape index (κ1) is 17.9. The Bertz CT molecular complexity index is 635. The lowest BCUT2D eigenvalue weighted by molar-refractivity contribution is -0.118. The third-order valence-electron chi connectivity index (χ3n) is 4.07. The van der Waals surface area contributed by atoms with Crippen LogP contribution in [0.1, 0.15) is 38.2 Å². The van der Waals surface area contributed by atoms with Gasteiger partial charge in [-0.25, -0.2) is 0 Å². The molecule has 0 aromatic heterocycles. The van der Waals surface area contributed by atoms with Crippen LogP contribution in [-0.4, -0.2) is 22.7 Å². The van der Waals surface area contributed by atoms with Crippen LogP contribution in [0.2, 0.25) is 0 Å². The van der Waals surface area contributed by atoms with E-state index in [1.165, 1.54) is 5.56 Å². The molecule has 1 amide bonds. The highest BCUT2D eigenvalue weighted by atomic mass is 16.3. The molecule has 0 bridgehead atoms. The maximum atomic E-state index is 12.4. The van der Waals surface area contributed by atoms with Gasteiger partial charge in [-0.2, -0.15) is 0 Å². The molecule has 0 unspecified atom stereocenters. The smallest absolute Gasteiger partial charge is 0.226 e. The highest BCUT2D eigenvalue weighted by Crippen LogP contribution is 2.20. The summed E-state index contributed by atoms with van der Waals surface area (Å²) in [4.78, 5) is 14.1. The van der Waals surface area contributed by atoms with Crippen molar-refractivity contribution in [2.75, 3.05) is 11.4 Å². The lowest BCUT2D eigenvalue weighted by Gasteiger charge is -2.21. The maximum Gasteiger partial charge on any atom is 0.226 e. The molecule has 2 aromatic rings. The van der Waals surface area contributed by atoms with Crippen molar-refractivity contribution in [3.05, 3.63) is 54.1 Å². The summed E-state index contributed by atoms with van der Waals surface area (Å²) >= 11 is 0. The zero-order chi connectivity index (χ0) is 17.4. The van der Waals surface area contributed by atoms with E-state index >= 15 is 0 Å². The molecule has 0 atom stereocenters. The average molecular weight is 327 g/mol. The number of carbonyl (C=O) groups excluding carboxylic acids is 1. The van der Waals surface area contributed by atoms with E-state index in [9.17, 15) is 15.0 Å². The topological polar surface area (TPSA) is 60.8 Å². The van der Waals surface area contributed by atoms with E-state index in [2.05, 4.69) is 0 Å². The van der Waals surface area contributed by atoms with Crippen molar-refractivity contribution in [3.63, 3.8) is 0 Å². The highest BCUT2D eigenvalue weighted by molar-refractivity contribution is 5.93. The number of aryl methyl sites for hydroxylation is 1. The largest absolute Gasteiger partial charge is 0.508 e. The summed E-state index contributed by atoms with van der Waals surface area (Å²) in [6, 6.07) is 14.0. The zero-order valence-corrected chi connectivity index (χ0v) is 14.1. The summed E-state index contributed by atoms with van der Waals surface area (Å²) in [7, 11) is 0. The Labute approximate surface area is 143 Å². The van der Waals surface area contributed by atoms with Gasteiger partial charge in [0.1, 0.15) is 11.5 Å². The SMILES string of the molecule is CCN(C(=O)CCCCCc1ccc(O)cc1)c1ccc(O)cc1. The summed E-state index contributed by atoms with van der Waals surface area (Å²) in [5.74, 6) is 0.613. The quantitative estimate of drug-likeness (QED) is 0.712. The van der Waals surface area contributed by atoms with E-state index in [0.29, 0.717) is 18.7 Å². The normalized spacial score (nSPS) is 10.5. The summed E-state index contributed by atoms with van der Waals surface area (Å²) in [5.41, 5.74) is 2.03. The first-order valence-electron chi connectivity index (χ1n) is 8.47. The Hall–Kier alpha value is -2.49. The predicted octanol–water partition coefficient (Wildman–Crippen LogP) is 4.25. The summed E-state index contributed by atoms with van der Waals surface area (Å²) in [5, 5.41) is 18.6. The second-order valence-electron chi connectivity index (χ2n) is 5.88. The van der Waals surface area contributed by atoms with Gasteiger partial charge in [-0.05, 0) is 68.1 Å². The van der Waals surface area contributed by atoms with Crippen LogP contribution in [0.5, 0.6) is 11.5 Å². The molecule has 0 radical (unpaired) electrons. The highest BCUT2D eigenvalue weighted by Gasteiger charge is 2.13. The summed E-state index contributed by atoms with van der Waals surface area (Å²) < 4.78 is 0. The second-order valence-corrected chi connectivity index (χ2v) is 5.88. The van der Waals surface area contributed by atoms with Crippen molar-refractivity contribution in [1.82, 2.24) is 0 Å². The number of aromatic hydroxyl groups is 2. The van der Waals surface area contributed by atoms with Gasteiger partial charge in [0.05, 0.1) is 0 Å². The van der Waals surface area contributed by atoms with Gasteiger partial charge in [0.25, 0.3) is 0 Å². The van der Waals surface area contributed by atoms with Crippen LogP contribution in [0.4, 0.5) is 5.69 Å². The minimum absolute atomic E-state index is 0.118. The number of amides is 1. The molecule has 2 aromatic carbocycles. The molecule has 0 fully saturated rings. The van der Waals surface area contributed by atoms with Gasteiger partial charge in [0, 0.05) is 18.7 Å². The van der Waals surface area contributed by atoms with Crippen LogP contribution in [0.25, 0.3) is 0 Å². The molecule has 0 saturated carbocycles. The van der Waals surface area contributed by atoms with Gasteiger partial charge in [0.2, 0.25) is 5.91 Å². The molecule has 0 heterocycles. The Morgan fingerprint density at radius 2 is 1.46 bits per heavy atom. The van der Waals surface area contributed by atoms with E-state index in [4.69, 9.17) is 0 Å². The third-order valence-corrected chi connectivity index (χ3v) is 4.07. The van der Waals surface area contributed by atoms with Crippen LogP contribution in [0.3, 0.4) is 0 Å². The number of nitrogens with zero attached hydrogens (tertiary/aromatic N) is 1. The lowest BCUT2D eigenvalue weighted by atomic mass is 10.1. The second kappa shape index (κ2) is 8.96. The third kappa shape index (κ3) is 5.30. The molecule has 0 aliphatic rings. The Balaban J connectivity index is 1.73. The molecule has 0 saturated heterocycles. The molecule has 4 nitrogen and oxygen atoms in total. The first-order chi connectivity index (χ1) is 11.6. The molecular formula is C20H25NO3. The van der Waals surface area contributed by atoms with Gasteiger partial charge in [-0.1, -0.05) is 18.6 Å². The molecule has 4 heteroatoms. The molecule has 128 valence electrons. The van der Waals surface area contributed by atoms with Crippen molar-refractivity contribution in [2.24, 2.45) is 0 Å². The molecule has 0 spiro atoms. The molecule has 0 aliphatic carbocycles. The molecule has 24 heavy (non-hydrogen) atoms. The number of anilines is 1. The van der Waals surface area contributed by atoms with Crippen LogP contribution < -0.4 is 4.90 Å². The number of carbonyl (C=O) groups is 1. The minimum Gasteiger partial charge on any atom is -0.508 e. The molecule has 0 aliphatic heterocycles. The number of hydrogen-bond acceptors (Lipinski definition) is 3. The lowest BCUT2D eigenvalue weighted by Crippen LogP contribution is -2.30. The van der Waals surface area contributed by atoms with Gasteiger partial charge < -0.3 is 15.1 Å². The molecule has 2 N–H and O–H groups in total. The predicted molar refractivity (Wildman–Crippen MR) is 96.4 cm³/mol. The fourth-order valence-electron chi connectivity index (χ4n) is 2.72. The van der Waals surface area contributed by atoms with Gasteiger partial charge in [-0.15, -0.1) is 0 Å². The van der Waals surface area contributed by atoms with Crippen molar-refractivity contribution in [2.45, 2.75) is 39.0 Å². The monoisotopic (exact) mass is 327 g/mol. The zero-order valence-electron chi connectivity index (χ0n) is 14.1. The maximum absolute atomic E-state index is 12.4. The van der Waals surface area contributed by atoms with Crippen molar-refractivity contribution >= 4 is 11.6 Å². The van der Waals surface area contributed by atoms with E-state index in [1.807, 2.05) is 19.1 Å². The van der Waals surface area contributed by atoms with Crippen molar-refractivity contribution < 1.29 is 15.0 Å². The van der Waals surface area contributed by atoms with Crippen molar-refractivity contribution in [3.8, 4) is 11.5 Å². The number of unbranched alkanes of at least 4 members (excludes halogenated alkanes) is 2. The molecular weight excluding hydrogens is 302 g/mol. The van der Waals surface area contributed by atoms with Crippen molar-refractivity contribution in [1.29, 1.82) is 0 Å². The molecule has 2 rings (SSSR count). The number of phenolic OH excluding ortho intramolecular Hbond substituents is 2. The van der Waals surface area contributed by atoms with Gasteiger partial charge in [0.15, 0.2) is 0 Å². The fraction of sp³-hybridized carbons (Fsp3) is 0.350. The standard InChI is InChI=1S/C20H25NO3/c1-2-21(17-10-14-19(23)15-11-17)20(24)7-5-3-4-6-16-8-12-18(22)13-9-16/h8-15,22-23H,2-7H2,1H3. The number of phenols is 2. The number of hydrogen-bond donors (Lipinski definition) is 2. The van der Waals surface area contributed by atoms with Gasteiger partial charge >= 0.3 is 0 Å². The van der Waals surface area contributed by atoms with E-state index in [1.54, 1.807) is 41.3 Å². The van der Waals surface area contributed by atoms with Crippen LogP contribution in [0, 0.1) is 0 Å². The van der Waals surface area contributed by atoms with E-state index in [-0.39, 0.29) is 11.7 Å². The van der Waals surface area contributed by atoms with Crippen LogP contribution in [0.15, 0.2) is 48.5 Å². The number of rotatable bonds is 8. The number of benzene rings is 2. The first-order valence-corrected chi connectivity index (χ1v) is 8.47. The van der Waals surface area contributed by atoms with Crippen LogP contribution in [-0.2, 0) is 11.2 Å². The minimum atomic E-state index is 0.118. The Morgan fingerprint density at radius 3 is 2.04 bits per heavy atom. The average Bonchev–Trinajstić information content (AvgIpc) is 2.58. The Kier molecular flexibility index (Phi) is 6.67. The summed E-state index contributed by atoms with van der Waals surface area (Å²) in [6.07, 6.45) is 4.39. The van der Waals surface area contributed by atoms with E-state index in [0.717, 1.165) is 31.4 Å². The van der Waals surface area contributed by atoms with Crippen LogP contribution >= 0.6 is 0 Å². The van der Waals surface area contributed by atoms with E-state index < -0.39 is 0 Å². The van der Waals surface area contributed by atoms with Gasteiger partial charge in [-0.3, -0.25) is 4.79 Å². The Morgan fingerprint density at radius 1 is 0.875 bits per heavy atom.